The van der Waals surface area contributed by atoms with Gasteiger partial charge in [-0.2, -0.15) is 0 Å². The fraction of sp³-hybridized carbons (Fsp3) is 0.0417. The number of benzene rings is 3. The Labute approximate surface area is 208 Å². The predicted molar refractivity (Wildman–Crippen MR) is 134 cm³/mol. The molecule has 0 fully saturated rings. The van der Waals surface area contributed by atoms with E-state index in [0.29, 0.717) is 27.6 Å². The number of nitrogens with one attached hydrogen (secondary N) is 2. The Bertz CT molecular complexity index is 1320. The van der Waals surface area contributed by atoms with Crippen molar-refractivity contribution in [1.82, 2.24) is 0 Å². The molecule has 3 aromatic rings. The Morgan fingerprint density at radius 2 is 1.67 bits per heavy atom. The molecule has 0 atom stereocenters. The van der Waals surface area contributed by atoms with Gasteiger partial charge in [-0.15, -0.1) is 0 Å². The number of carbonyl (C=O) groups excluding carboxylic acids is 3. The average Bonchev–Trinajstić information content (AvgIpc) is 3.00. The lowest BCUT2D eigenvalue weighted by Gasteiger charge is -2.15. The first-order valence-corrected chi connectivity index (χ1v) is 11.3. The lowest BCUT2D eigenvalue weighted by molar-refractivity contribution is -0.120. The molecule has 6 nitrogen and oxygen atoms in total. The monoisotopic (exact) mass is 543 g/mol. The van der Waals surface area contributed by atoms with Crippen LogP contribution in [0.5, 0.6) is 0 Å². The Balaban J connectivity index is 1.55. The third-order valence-corrected chi connectivity index (χ3v) is 6.07. The molecule has 0 bridgehead atoms. The summed E-state index contributed by atoms with van der Waals surface area (Å²) >= 11 is 15.5. The molecule has 0 aliphatic carbocycles. The van der Waals surface area contributed by atoms with Gasteiger partial charge in [-0.3, -0.25) is 14.4 Å². The first kappa shape index (κ1) is 23.0. The molecule has 9 heteroatoms. The van der Waals surface area contributed by atoms with Crippen LogP contribution >= 0.6 is 39.1 Å². The second-order valence-electron chi connectivity index (χ2n) is 7.23. The highest BCUT2D eigenvalue weighted by molar-refractivity contribution is 9.10. The fourth-order valence-corrected chi connectivity index (χ4v) is 3.89. The molecule has 0 unspecified atom stereocenters. The lowest BCUT2D eigenvalue weighted by atomic mass is 10.1. The molecule has 0 aromatic heterocycles. The van der Waals surface area contributed by atoms with Gasteiger partial charge in [0.2, 0.25) is 0 Å². The maximum atomic E-state index is 12.9. The van der Waals surface area contributed by atoms with Gasteiger partial charge in [0.1, 0.15) is 10.7 Å². The van der Waals surface area contributed by atoms with Crippen molar-refractivity contribution in [2.45, 2.75) is 6.92 Å². The van der Waals surface area contributed by atoms with E-state index < -0.39 is 11.8 Å². The molecular formula is C24H16BrCl2N3O3. The van der Waals surface area contributed by atoms with Crippen LogP contribution in [0.25, 0.3) is 0 Å². The molecule has 0 saturated carbocycles. The molecule has 2 N–H and O–H groups in total. The van der Waals surface area contributed by atoms with E-state index in [1.807, 2.05) is 13.0 Å². The number of nitrogens with zero attached hydrogens (tertiary/aromatic N) is 1. The molecule has 1 aliphatic heterocycles. The largest absolute Gasteiger partial charge is 0.350 e. The van der Waals surface area contributed by atoms with Gasteiger partial charge in [-0.1, -0.05) is 51.3 Å². The molecule has 1 heterocycles. The van der Waals surface area contributed by atoms with Crippen molar-refractivity contribution in [2.24, 2.45) is 0 Å². The topological polar surface area (TPSA) is 78.5 Å². The summed E-state index contributed by atoms with van der Waals surface area (Å²) in [6.07, 6.45) is 0. The summed E-state index contributed by atoms with van der Waals surface area (Å²) in [5.74, 6) is -1.57. The Hall–Kier alpha value is -3.13. The molecule has 0 radical (unpaired) electrons. The van der Waals surface area contributed by atoms with E-state index in [-0.39, 0.29) is 16.6 Å². The normalized spacial score (nSPS) is 13.5. The van der Waals surface area contributed by atoms with Gasteiger partial charge in [0, 0.05) is 26.4 Å². The zero-order valence-electron chi connectivity index (χ0n) is 17.2. The number of imide groups is 1. The van der Waals surface area contributed by atoms with Gasteiger partial charge in [-0.05, 0) is 67.1 Å². The zero-order valence-corrected chi connectivity index (χ0v) is 20.3. The van der Waals surface area contributed by atoms with E-state index >= 15 is 0 Å². The van der Waals surface area contributed by atoms with Crippen molar-refractivity contribution in [3.8, 4) is 0 Å². The molecule has 0 spiro atoms. The van der Waals surface area contributed by atoms with E-state index in [2.05, 4.69) is 26.6 Å². The molecule has 1 aliphatic rings. The first-order valence-electron chi connectivity index (χ1n) is 9.73. The van der Waals surface area contributed by atoms with E-state index in [1.54, 1.807) is 60.7 Å². The third-order valence-electron chi connectivity index (χ3n) is 4.95. The van der Waals surface area contributed by atoms with Crippen molar-refractivity contribution in [2.75, 3.05) is 15.5 Å². The SMILES string of the molecule is Cc1ccc(Cl)cc1NC(=O)c1cccc(NC2=C(Cl)C(=O)N(c3ccc(Br)cc3)C2=O)c1. The second kappa shape index (κ2) is 9.39. The average molecular weight is 545 g/mol. The highest BCUT2D eigenvalue weighted by atomic mass is 79.9. The number of hydrogen-bond donors (Lipinski definition) is 2. The van der Waals surface area contributed by atoms with Crippen molar-refractivity contribution in [3.05, 3.63) is 98.1 Å². The van der Waals surface area contributed by atoms with Crippen molar-refractivity contribution in [3.63, 3.8) is 0 Å². The van der Waals surface area contributed by atoms with Crippen LogP contribution < -0.4 is 15.5 Å². The number of rotatable bonds is 5. The molecule has 3 amide bonds. The van der Waals surface area contributed by atoms with E-state index in [1.165, 1.54) is 0 Å². The minimum absolute atomic E-state index is 0.0622. The summed E-state index contributed by atoms with van der Waals surface area (Å²) in [5.41, 5.74) is 2.57. The van der Waals surface area contributed by atoms with Crippen molar-refractivity contribution >= 4 is 73.9 Å². The van der Waals surface area contributed by atoms with Crippen LogP contribution in [0.3, 0.4) is 0 Å². The summed E-state index contributed by atoms with van der Waals surface area (Å²) in [5, 5.41) is 5.99. The van der Waals surface area contributed by atoms with Crippen LogP contribution in [-0.2, 0) is 9.59 Å². The van der Waals surface area contributed by atoms with E-state index in [4.69, 9.17) is 23.2 Å². The summed E-state index contributed by atoms with van der Waals surface area (Å²) in [4.78, 5) is 39.3. The predicted octanol–water partition coefficient (Wildman–Crippen LogP) is 6.10. The molecule has 4 rings (SSSR count). The van der Waals surface area contributed by atoms with Crippen LogP contribution in [0.4, 0.5) is 17.1 Å². The number of aryl methyl sites for hydroxylation is 1. The Kier molecular flexibility index (Phi) is 6.56. The van der Waals surface area contributed by atoms with Gasteiger partial charge in [0.05, 0.1) is 5.69 Å². The van der Waals surface area contributed by atoms with Crippen LogP contribution in [0, 0.1) is 6.92 Å². The lowest BCUT2D eigenvalue weighted by Crippen LogP contribution is -2.32. The molecule has 0 saturated heterocycles. The van der Waals surface area contributed by atoms with E-state index in [0.717, 1.165) is 14.9 Å². The summed E-state index contributed by atoms with van der Waals surface area (Å²) in [6.45, 7) is 1.86. The number of hydrogen-bond acceptors (Lipinski definition) is 4. The fourth-order valence-electron chi connectivity index (χ4n) is 3.24. The number of carbonyl (C=O) groups is 3. The maximum Gasteiger partial charge on any atom is 0.283 e. The van der Waals surface area contributed by atoms with Gasteiger partial charge >= 0.3 is 0 Å². The minimum atomic E-state index is -0.628. The van der Waals surface area contributed by atoms with Gasteiger partial charge in [-0.25, -0.2) is 4.90 Å². The summed E-state index contributed by atoms with van der Waals surface area (Å²) < 4.78 is 0.811. The number of anilines is 3. The highest BCUT2D eigenvalue weighted by Crippen LogP contribution is 2.31. The quantitative estimate of drug-likeness (QED) is 0.380. The zero-order chi connectivity index (χ0) is 23.7. The molecule has 3 aromatic carbocycles. The van der Waals surface area contributed by atoms with Crippen LogP contribution in [0.1, 0.15) is 15.9 Å². The highest BCUT2D eigenvalue weighted by Gasteiger charge is 2.39. The third kappa shape index (κ3) is 4.80. The molecule has 33 heavy (non-hydrogen) atoms. The van der Waals surface area contributed by atoms with Gasteiger partial charge < -0.3 is 10.6 Å². The number of amides is 3. The summed E-state index contributed by atoms with van der Waals surface area (Å²) in [7, 11) is 0. The smallest absolute Gasteiger partial charge is 0.283 e. The minimum Gasteiger partial charge on any atom is -0.350 e. The number of halogens is 3. The van der Waals surface area contributed by atoms with Crippen molar-refractivity contribution < 1.29 is 14.4 Å². The van der Waals surface area contributed by atoms with Crippen LogP contribution in [0.2, 0.25) is 5.02 Å². The maximum absolute atomic E-state index is 12.9. The van der Waals surface area contributed by atoms with Crippen LogP contribution in [0.15, 0.2) is 81.9 Å². The second-order valence-corrected chi connectivity index (χ2v) is 8.96. The summed E-state index contributed by atoms with van der Waals surface area (Å²) in [6, 6.07) is 18.4. The molecular weight excluding hydrogens is 529 g/mol. The Morgan fingerprint density at radius 1 is 0.939 bits per heavy atom. The van der Waals surface area contributed by atoms with Crippen LogP contribution in [-0.4, -0.2) is 17.7 Å². The van der Waals surface area contributed by atoms with Crippen molar-refractivity contribution in [1.29, 1.82) is 0 Å². The Morgan fingerprint density at radius 3 is 2.39 bits per heavy atom. The standard InChI is InChI=1S/C24H16BrCl2N3O3/c1-13-5-8-16(26)12-19(13)29-22(31)14-3-2-4-17(11-14)28-21-20(27)23(32)30(24(21)33)18-9-6-15(25)7-10-18/h2-12,28H,1H3,(H,29,31). The van der Waals surface area contributed by atoms with E-state index in [9.17, 15) is 14.4 Å². The molecule has 166 valence electrons. The van der Waals surface area contributed by atoms with Gasteiger partial charge in [0.15, 0.2) is 0 Å². The first-order chi connectivity index (χ1) is 15.7. The van der Waals surface area contributed by atoms with Gasteiger partial charge in [0.25, 0.3) is 17.7 Å².